The van der Waals surface area contributed by atoms with E-state index < -0.39 is 35.5 Å². The lowest BCUT2D eigenvalue weighted by molar-refractivity contribution is -0.145. The Morgan fingerprint density at radius 1 is 1.00 bits per heavy atom. The van der Waals surface area contributed by atoms with Crippen molar-refractivity contribution in [3.63, 3.8) is 0 Å². The standard InChI is InChI=1S/C26H32N2O5S/c1-26(2,3)22(24(30)31)28-23(29)21(13-14-34-4)27-25(32)33-15-20-18-11-7-5-9-16(18)17-10-6-8-12-19(17)20/h5-12,20-22H,13-15H2,1-4H3,(H,27,32)(H,28,29)(H,30,31)/t21-,22-/m1/s1. The third-order valence-electron chi connectivity index (χ3n) is 5.96. The molecule has 0 unspecified atom stereocenters. The topological polar surface area (TPSA) is 105 Å². The lowest BCUT2D eigenvalue weighted by Gasteiger charge is -2.29. The van der Waals surface area contributed by atoms with E-state index in [1.165, 1.54) is 11.8 Å². The van der Waals surface area contributed by atoms with E-state index in [4.69, 9.17) is 4.74 Å². The smallest absolute Gasteiger partial charge is 0.407 e. The maximum Gasteiger partial charge on any atom is 0.407 e. The molecule has 0 aliphatic heterocycles. The summed E-state index contributed by atoms with van der Waals surface area (Å²) in [5, 5.41) is 14.7. The molecule has 0 bridgehead atoms. The Hall–Kier alpha value is -3.00. The van der Waals surface area contributed by atoms with Crippen LogP contribution in [0.2, 0.25) is 0 Å². The molecule has 7 nitrogen and oxygen atoms in total. The number of hydrogen-bond acceptors (Lipinski definition) is 5. The van der Waals surface area contributed by atoms with Crippen LogP contribution in [0, 0.1) is 5.41 Å². The molecule has 2 aromatic rings. The van der Waals surface area contributed by atoms with Crippen LogP contribution < -0.4 is 10.6 Å². The first-order chi connectivity index (χ1) is 16.1. The highest BCUT2D eigenvalue weighted by molar-refractivity contribution is 7.98. The fourth-order valence-electron chi connectivity index (χ4n) is 4.18. The van der Waals surface area contributed by atoms with E-state index in [-0.39, 0.29) is 12.5 Å². The number of alkyl carbamates (subject to hydrolysis) is 1. The van der Waals surface area contributed by atoms with E-state index in [0.29, 0.717) is 12.2 Å². The number of amides is 2. The van der Waals surface area contributed by atoms with Crippen LogP contribution in [0.25, 0.3) is 11.1 Å². The molecule has 182 valence electrons. The molecular formula is C26H32N2O5S. The van der Waals surface area contributed by atoms with Gasteiger partial charge in [0.1, 0.15) is 18.7 Å². The number of carboxylic acid groups (broad SMARTS) is 1. The van der Waals surface area contributed by atoms with Crippen LogP contribution in [0.1, 0.15) is 44.2 Å². The number of aliphatic carboxylic acids is 1. The molecule has 0 aromatic heterocycles. The average molecular weight is 485 g/mol. The third kappa shape index (κ3) is 5.91. The maximum atomic E-state index is 12.9. The number of ether oxygens (including phenoxy) is 1. The highest BCUT2D eigenvalue weighted by Gasteiger charge is 2.35. The molecule has 34 heavy (non-hydrogen) atoms. The van der Waals surface area contributed by atoms with Crippen LogP contribution in [0.4, 0.5) is 4.79 Å². The first-order valence-electron chi connectivity index (χ1n) is 11.3. The molecule has 0 heterocycles. The molecule has 2 aromatic carbocycles. The zero-order valence-corrected chi connectivity index (χ0v) is 20.8. The molecule has 2 amide bonds. The summed E-state index contributed by atoms with van der Waals surface area (Å²) in [6.07, 6.45) is 1.55. The number of carboxylic acids is 1. The lowest BCUT2D eigenvalue weighted by Crippen LogP contribution is -2.55. The van der Waals surface area contributed by atoms with Crippen molar-refractivity contribution in [3.05, 3.63) is 59.7 Å². The molecule has 1 aliphatic rings. The van der Waals surface area contributed by atoms with Crippen LogP contribution in [0.15, 0.2) is 48.5 Å². The summed E-state index contributed by atoms with van der Waals surface area (Å²) in [6, 6.07) is 14.1. The highest BCUT2D eigenvalue weighted by Crippen LogP contribution is 2.44. The molecule has 3 N–H and O–H groups in total. The van der Waals surface area contributed by atoms with Crippen LogP contribution in [0.5, 0.6) is 0 Å². The molecule has 0 spiro atoms. The van der Waals surface area contributed by atoms with Crippen LogP contribution in [-0.4, -0.2) is 53.8 Å². The molecule has 2 atom stereocenters. The van der Waals surface area contributed by atoms with E-state index in [9.17, 15) is 19.5 Å². The second-order valence-electron chi connectivity index (χ2n) is 9.45. The molecular weight excluding hydrogens is 452 g/mol. The van der Waals surface area contributed by atoms with E-state index in [1.54, 1.807) is 20.8 Å². The molecule has 3 rings (SSSR count). The van der Waals surface area contributed by atoms with Crippen molar-refractivity contribution in [1.82, 2.24) is 10.6 Å². The Bertz CT molecular complexity index is 1000. The quantitative estimate of drug-likeness (QED) is 0.491. The zero-order valence-electron chi connectivity index (χ0n) is 20.0. The molecule has 0 saturated heterocycles. The van der Waals surface area contributed by atoms with Crippen molar-refractivity contribution < 1.29 is 24.2 Å². The number of nitrogens with one attached hydrogen (secondary N) is 2. The number of hydrogen-bond donors (Lipinski definition) is 3. The molecule has 0 fully saturated rings. The monoisotopic (exact) mass is 484 g/mol. The lowest BCUT2D eigenvalue weighted by atomic mass is 9.86. The SMILES string of the molecule is CSCC[C@@H](NC(=O)OCC1c2ccccc2-c2ccccc21)C(=O)N[C@H](C(=O)O)C(C)(C)C. The number of carbonyl (C=O) groups is 3. The summed E-state index contributed by atoms with van der Waals surface area (Å²) in [5.41, 5.74) is 3.78. The van der Waals surface area contributed by atoms with E-state index in [1.807, 2.05) is 42.7 Å². The van der Waals surface area contributed by atoms with Crippen molar-refractivity contribution in [1.29, 1.82) is 0 Å². The number of thioether (sulfide) groups is 1. The van der Waals surface area contributed by atoms with E-state index in [0.717, 1.165) is 22.3 Å². The normalized spacial score (nSPS) is 14.5. The maximum absolute atomic E-state index is 12.9. The van der Waals surface area contributed by atoms with Crippen LogP contribution in [0.3, 0.4) is 0 Å². The van der Waals surface area contributed by atoms with Gasteiger partial charge in [0.2, 0.25) is 5.91 Å². The second kappa shape index (κ2) is 11.0. The predicted molar refractivity (Wildman–Crippen MR) is 134 cm³/mol. The van der Waals surface area contributed by atoms with Gasteiger partial charge in [0, 0.05) is 5.92 Å². The minimum atomic E-state index is -1.12. The first-order valence-corrected chi connectivity index (χ1v) is 12.7. The largest absolute Gasteiger partial charge is 0.480 e. The van der Waals surface area contributed by atoms with Gasteiger partial charge >= 0.3 is 12.1 Å². The average Bonchev–Trinajstić information content (AvgIpc) is 3.11. The number of fused-ring (bicyclic) bond motifs is 3. The summed E-state index contributed by atoms with van der Waals surface area (Å²) < 4.78 is 5.57. The predicted octanol–water partition coefficient (Wildman–Crippen LogP) is 4.26. The summed E-state index contributed by atoms with van der Waals surface area (Å²) in [4.78, 5) is 37.2. The number of rotatable bonds is 9. The van der Waals surface area contributed by atoms with Gasteiger partial charge in [-0.25, -0.2) is 9.59 Å². The minimum Gasteiger partial charge on any atom is -0.480 e. The van der Waals surface area contributed by atoms with Crippen molar-refractivity contribution in [2.45, 2.75) is 45.2 Å². The first kappa shape index (κ1) is 25.6. The van der Waals surface area contributed by atoms with Gasteiger partial charge in [0.15, 0.2) is 0 Å². The zero-order chi connectivity index (χ0) is 24.9. The number of carbonyl (C=O) groups excluding carboxylic acids is 2. The Kier molecular flexibility index (Phi) is 8.25. The van der Waals surface area contributed by atoms with E-state index in [2.05, 4.69) is 22.8 Å². The van der Waals surface area contributed by atoms with Gasteiger partial charge in [-0.2, -0.15) is 11.8 Å². The van der Waals surface area contributed by atoms with Crippen molar-refractivity contribution in [2.75, 3.05) is 18.6 Å². The minimum absolute atomic E-state index is 0.0890. The second-order valence-corrected chi connectivity index (χ2v) is 10.4. The Labute approximate surface area is 204 Å². The highest BCUT2D eigenvalue weighted by atomic mass is 32.2. The van der Waals surface area contributed by atoms with Gasteiger partial charge in [-0.15, -0.1) is 0 Å². The summed E-state index contributed by atoms with van der Waals surface area (Å²) >= 11 is 1.54. The fraction of sp³-hybridized carbons (Fsp3) is 0.423. The molecule has 1 aliphatic carbocycles. The van der Waals surface area contributed by atoms with Gasteiger partial charge in [-0.3, -0.25) is 4.79 Å². The van der Waals surface area contributed by atoms with Gasteiger partial charge < -0.3 is 20.5 Å². The Balaban J connectivity index is 1.67. The van der Waals surface area contributed by atoms with Crippen molar-refractivity contribution in [2.24, 2.45) is 5.41 Å². The fourth-order valence-corrected chi connectivity index (χ4v) is 4.65. The Morgan fingerprint density at radius 2 is 1.56 bits per heavy atom. The van der Waals surface area contributed by atoms with Gasteiger partial charge in [-0.05, 0) is 46.1 Å². The molecule has 8 heteroatoms. The van der Waals surface area contributed by atoms with Crippen LogP contribution >= 0.6 is 11.8 Å². The summed E-state index contributed by atoms with van der Waals surface area (Å²) in [5.74, 6) is -1.13. The summed E-state index contributed by atoms with van der Waals surface area (Å²) in [6.45, 7) is 5.35. The molecule has 0 saturated carbocycles. The van der Waals surface area contributed by atoms with Gasteiger partial charge in [-0.1, -0.05) is 69.3 Å². The van der Waals surface area contributed by atoms with E-state index >= 15 is 0 Å². The van der Waals surface area contributed by atoms with Gasteiger partial charge in [0.05, 0.1) is 0 Å². The number of benzene rings is 2. The van der Waals surface area contributed by atoms with Crippen molar-refractivity contribution >= 4 is 29.7 Å². The molecule has 0 radical (unpaired) electrons. The van der Waals surface area contributed by atoms with Crippen molar-refractivity contribution in [3.8, 4) is 11.1 Å². The third-order valence-corrected chi connectivity index (χ3v) is 6.61. The summed E-state index contributed by atoms with van der Waals surface area (Å²) in [7, 11) is 0. The Morgan fingerprint density at radius 3 is 2.06 bits per heavy atom. The van der Waals surface area contributed by atoms with Gasteiger partial charge in [0.25, 0.3) is 0 Å². The van der Waals surface area contributed by atoms with Crippen LogP contribution in [-0.2, 0) is 14.3 Å².